The van der Waals surface area contributed by atoms with Crippen LogP contribution in [0.25, 0.3) is 0 Å². The lowest BCUT2D eigenvalue weighted by Gasteiger charge is -2.29. The van der Waals surface area contributed by atoms with Gasteiger partial charge < -0.3 is 24.3 Å². The maximum atomic E-state index is 12.7. The number of amides is 1. The van der Waals surface area contributed by atoms with E-state index in [2.05, 4.69) is 38.3 Å². The van der Waals surface area contributed by atoms with Gasteiger partial charge in [0.05, 0.1) is 33.0 Å². The number of nitrogens with one attached hydrogen (secondary N) is 1. The first-order valence-electron chi connectivity index (χ1n) is 11.9. The number of nitrogens with zero attached hydrogens (tertiary/aromatic N) is 1. The Morgan fingerprint density at radius 1 is 1.03 bits per heavy atom. The van der Waals surface area contributed by atoms with E-state index in [-0.39, 0.29) is 25.7 Å². The van der Waals surface area contributed by atoms with Crippen molar-refractivity contribution in [1.82, 2.24) is 10.2 Å². The number of carbonyl (C=O) groups excluding carboxylic acids is 1. The second kappa shape index (κ2) is 14.3. The molecule has 9 heteroatoms. The minimum Gasteiger partial charge on any atom is -0.493 e. The van der Waals surface area contributed by atoms with E-state index >= 15 is 0 Å². The zero-order chi connectivity index (χ0) is 25.0. The van der Waals surface area contributed by atoms with Crippen molar-refractivity contribution in [2.45, 2.75) is 25.8 Å². The largest absolute Gasteiger partial charge is 0.493 e. The van der Waals surface area contributed by atoms with E-state index in [0.29, 0.717) is 17.9 Å². The molecule has 192 valence electrons. The Balaban J connectivity index is 1.42. The monoisotopic (exact) mass is 552 g/mol. The summed E-state index contributed by atoms with van der Waals surface area (Å²) in [5.41, 5.74) is 3.05. The van der Waals surface area contributed by atoms with Crippen LogP contribution in [0.15, 0.2) is 34.8 Å². The molecule has 1 heterocycles. The lowest BCUT2D eigenvalue weighted by atomic mass is 9.98. The molecule has 0 fully saturated rings. The molecular formula is C26H34BrFN2O5. The van der Waals surface area contributed by atoms with Gasteiger partial charge in [-0.25, -0.2) is 4.39 Å². The van der Waals surface area contributed by atoms with Gasteiger partial charge >= 0.3 is 0 Å². The molecule has 3 rings (SSSR count). The highest BCUT2D eigenvalue weighted by Crippen LogP contribution is 2.33. The summed E-state index contributed by atoms with van der Waals surface area (Å²) in [5.74, 6) is 1.84. The van der Waals surface area contributed by atoms with Crippen LogP contribution in [0.1, 0.15) is 34.3 Å². The molecular weight excluding hydrogens is 519 g/mol. The van der Waals surface area contributed by atoms with Crippen molar-refractivity contribution in [3.63, 3.8) is 0 Å². The zero-order valence-corrected chi connectivity index (χ0v) is 22.0. The molecule has 2 aromatic carbocycles. The van der Waals surface area contributed by atoms with Gasteiger partial charge in [-0.05, 0) is 67.3 Å². The van der Waals surface area contributed by atoms with Crippen LogP contribution in [0, 0.1) is 0 Å². The van der Waals surface area contributed by atoms with Gasteiger partial charge in [0.25, 0.3) is 5.91 Å². The minimum atomic E-state index is -0.527. The fourth-order valence-electron chi connectivity index (χ4n) is 4.06. The molecule has 0 atom stereocenters. The predicted octanol–water partition coefficient (Wildman–Crippen LogP) is 4.40. The molecule has 1 N–H and O–H groups in total. The molecule has 0 bridgehead atoms. The van der Waals surface area contributed by atoms with Crippen molar-refractivity contribution in [2.24, 2.45) is 0 Å². The van der Waals surface area contributed by atoms with Gasteiger partial charge in [0.1, 0.15) is 19.0 Å². The first kappa shape index (κ1) is 27.2. The van der Waals surface area contributed by atoms with Crippen LogP contribution < -0.4 is 19.5 Å². The third-order valence-corrected chi connectivity index (χ3v) is 6.37. The first-order valence-corrected chi connectivity index (χ1v) is 12.7. The van der Waals surface area contributed by atoms with Gasteiger partial charge in [-0.3, -0.25) is 9.69 Å². The normalized spacial score (nSPS) is 13.3. The van der Waals surface area contributed by atoms with E-state index in [1.54, 1.807) is 26.4 Å². The number of unbranched alkanes of at least 4 members (excludes halogenated alkanes) is 1. The molecule has 0 radical (unpaired) electrons. The fourth-order valence-corrected chi connectivity index (χ4v) is 4.42. The number of methoxy groups -OCH3 is 2. The van der Waals surface area contributed by atoms with Crippen LogP contribution >= 0.6 is 15.9 Å². The summed E-state index contributed by atoms with van der Waals surface area (Å²) in [4.78, 5) is 15.2. The summed E-state index contributed by atoms with van der Waals surface area (Å²) < 4.78 is 34.5. The molecule has 1 aliphatic heterocycles. The maximum Gasteiger partial charge on any atom is 0.255 e. The van der Waals surface area contributed by atoms with Gasteiger partial charge in [-0.15, -0.1) is 0 Å². The molecule has 0 unspecified atom stereocenters. The lowest BCUT2D eigenvalue weighted by Crippen LogP contribution is -2.32. The molecule has 0 saturated carbocycles. The quantitative estimate of drug-likeness (QED) is 0.350. The highest BCUT2D eigenvalue weighted by molar-refractivity contribution is 9.10. The smallest absolute Gasteiger partial charge is 0.255 e. The molecule has 0 spiro atoms. The van der Waals surface area contributed by atoms with E-state index in [0.717, 1.165) is 54.9 Å². The van der Waals surface area contributed by atoms with Gasteiger partial charge in [-0.1, -0.05) is 15.9 Å². The molecule has 0 aliphatic carbocycles. The van der Waals surface area contributed by atoms with Crippen LogP contribution in [0.2, 0.25) is 0 Å². The Labute approximate surface area is 215 Å². The van der Waals surface area contributed by atoms with Crippen molar-refractivity contribution >= 4 is 21.8 Å². The number of ether oxygens (including phenoxy) is 4. The number of alkyl halides is 1. The Morgan fingerprint density at radius 3 is 2.54 bits per heavy atom. The summed E-state index contributed by atoms with van der Waals surface area (Å²) in [6, 6.07) is 9.45. The molecule has 1 aliphatic rings. The van der Waals surface area contributed by atoms with Crippen LogP contribution in [-0.2, 0) is 17.7 Å². The Morgan fingerprint density at radius 2 is 1.80 bits per heavy atom. The van der Waals surface area contributed by atoms with Crippen molar-refractivity contribution in [3.05, 3.63) is 51.5 Å². The van der Waals surface area contributed by atoms with E-state index in [1.807, 2.05) is 6.07 Å². The second-order valence-corrected chi connectivity index (χ2v) is 9.17. The number of hydrogen-bond donors (Lipinski definition) is 1. The minimum absolute atomic E-state index is 0.0456. The Hall–Kier alpha value is -2.36. The Kier molecular flexibility index (Phi) is 11.1. The van der Waals surface area contributed by atoms with Gasteiger partial charge in [0.15, 0.2) is 11.5 Å². The maximum absolute atomic E-state index is 12.7. The van der Waals surface area contributed by atoms with E-state index in [9.17, 15) is 9.18 Å². The molecule has 0 saturated heterocycles. The molecule has 2 aromatic rings. The molecule has 7 nitrogen and oxygen atoms in total. The summed E-state index contributed by atoms with van der Waals surface area (Å²) in [6.45, 7) is 3.47. The fraction of sp³-hybridized carbons (Fsp3) is 0.500. The number of fused-ring (bicyclic) bond motifs is 1. The van der Waals surface area contributed by atoms with Crippen LogP contribution in [0.5, 0.6) is 17.2 Å². The van der Waals surface area contributed by atoms with Crippen molar-refractivity contribution in [3.8, 4) is 17.2 Å². The zero-order valence-electron chi connectivity index (χ0n) is 20.4. The average Bonchev–Trinajstić information content (AvgIpc) is 2.87. The highest BCUT2D eigenvalue weighted by Gasteiger charge is 2.19. The van der Waals surface area contributed by atoms with E-state index in [4.69, 9.17) is 18.9 Å². The number of carbonyl (C=O) groups is 1. The molecule has 1 amide bonds. The summed E-state index contributed by atoms with van der Waals surface area (Å²) >= 11 is 3.41. The summed E-state index contributed by atoms with van der Waals surface area (Å²) in [5, 5.41) is 2.99. The Bertz CT molecular complexity index is 975. The predicted molar refractivity (Wildman–Crippen MR) is 137 cm³/mol. The van der Waals surface area contributed by atoms with Gasteiger partial charge in [0, 0.05) is 24.1 Å². The average molecular weight is 553 g/mol. The third-order valence-electron chi connectivity index (χ3n) is 5.88. The SMILES string of the molecule is COc1cc2c(cc1OC)CN(CCCCNC(=O)c1cc(Br)ccc1OCCOCCF)CC2. The molecule has 35 heavy (non-hydrogen) atoms. The molecule has 0 aromatic heterocycles. The number of halogens is 2. The first-order chi connectivity index (χ1) is 17.0. The topological polar surface area (TPSA) is 69.3 Å². The van der Waals surface area contributed by atoms with E-state index in [1.165, 1.54) is 11.1 Å². The number of benzene rings is 2. The van der Waals surface area contributed by atoms with Crippen molar-refractivity contribution in [2.75, 3.05) is 60.3 Å². The summed E-state index contributed by atoms with van der Waals surface area (Å²) in [7, 11) is 3.32. The van der Waals surface area contributed by atoms with Gasteiger partial charge in [0.2, 0.25) is 0 Å². The lowest BCUT2D eigenvalue weighted by molar-refractivity contribution is 0.0872. The van der Waals surface area contributed by atoms with Crippen LogP contribution in [0.4, 0.5) is 4.39 Å². The van der Waals surface area contributed by atoms with Gasteiger partial charge in [-0.2, -0.15) is 0 Å². The third kappa shape index (κ3) is 8.08. The van der Waals surface area contributed by atoms with Crippen LogP contribution in [-0.4, -0.2) is 71.2 Å². The van der Waals surface area contributed by atoms with Crippen molar-refractivity contribution < 1.29 is 28.1 Å². The standard InChI is InChI=1S/C26H34BrFN2O5/c1-32-24-15-19-7-11-30(18-20(19)16-25(24)33-2)10-4-3-9-29-26(31)22-17-21(27)5-6-23(22)35-14-13-34-12-8-28/h5-6,15-17H,3-4,7-14,18H2,1-2H3,(H,29,31). The van der Waals surface area contributed by atoms with Crippen LogP contribution in [0.3, 0.4) is 0 Å². The number of hydrogen-bond acceptors (Lipinski definition) is 6. The van der Waals surface area contributed by atoms with Crippen molar-refractivity contribution in [1.29, 1.82) is 0 Å². The highest BCUT2D eigenvalue weighted by atomic mass is 79.9. The second-order valence-electron chi connectivity index (χ2n) is 8.26. The summed E-state index contributed by atoms with van der Waals surface area (Å²) in [6.07, 6.45) is 2.84. The number of rotatable bonds is 14. The van der Waals surface area contributed by atoms with E-state index < -0.39 is 6.67 Å².